The zero-order valence-electron chi connectivity index (χ0n) is 22.9. The van der Waals surface area contributed by atoms with Crippen molar-refractivity contribution in [1.29, 1.82) is 0 Å². The molecule has 0 bridgehead atoms. The third-order valence-electron chi connectivity index (χ3n) is 4.05. The summed E-state index contributed by atoms with van der Waals surface area (Å²) in [6, 6.07) is 3.15. The van der Waals surface area contributed by atoms with Crippen molar-refractivity contribution in [2.75, 3.05) is 0 Å². The number of benzene rings is 1. The highest BCUT2D eigenvalue weighted by Gasteiger charge is 2.24. The summed E-state index contributed by atoms with van der Waals surface area (Å²) in [4.78, 5) is 31.0. The summed E-state index contributed by atoms with van der Waals surface area (Å²) in [5, 5.41) is -1.19. The van der Waals surface area contributed by atoms with E-state index in [1.54, 1.807) is 0 Å². The van der Waals surface area contributed by atoms with E-state index in [2.05, 4.69) is 9.97 Å². The average molecular weight is 397 g/mol. The maximum Gasteiger partial charge on any atom is 0.268 e. The number of nitrogens with two attached hydrogens (primary N) is 1. The molecule has 0 aliphatic carbocycles. The Bertz CT molecular complexity index is 1410. The Morgan fingerprint density at radius 1 is 1.37 bits per heavy atom. The van der Waals surface area contributed by atoms with Gasteiger partial charge < -0.3 is 10.7 Å². The number of aryl methyl sites for hydroxylation is 1. The van der Waals surface area contributed by atoms with Crippen molar-refractivity contribution in [3.05, 3.63) is 62.3 Å². The zero-order valence-corrected chi connectivity index (χ0v) is 14.7. The summed E-state index contributed by atoms with van der Waals surface area (Å²) in [7, 11) is 0. The summed E-state index contributed by atoms with van der Waals surface area (Å²) in [5.74, 6) is -2.31. The number of carbonyl (C=O) groups is 1. The lowest BCUT2D eigenvalue weighted by atomic mass is 9.84. The highest BCUT2D eigenvalue weighted by molar-refractivity contribution is 6.32. The van der Waals surface area contributed by atoms with E-state index in [1.165, 1.54) is 19.2 Å². The van der Waals surface area contributed by atoms with Gasteiger partial charge in [0.25, 0.3) is 5.91 Å². The van der Waals surface area contributed by atoms with Crippen molar-refractivity contribution in [2.24, 2.45) is 5.73 Å². The Labute approximate surface area is 173 Å². The van der Waals surface area contributed by atoms with E-state index in [0.717, 1.165) is 12.1 Å². The molecule has 0 saturated carbocycles. The van der Waals surface area contributed by atoms with Crippen LogP contribution in [-0.2, 0) is 5.41 Å². The Hall–Kier alpha value is -2.73. The topological polar surface area (TPSA) is 88.8 Å². The molecule has 3 aromatic rings. The number of amides is 1. The first-order chi connectivity index (χ1) is 16.3. The lowest BCUT2D eigenvalue weighted by Crippen LogP contribution is -2.18. The summed E-state index contributed by atoms with van der Waals surface area (Å²) in [5.41, 5.74) is -0.787. The molecular weight excluding hydrogens is 369 g/mol. The van der Waals surface area contributed by atoms with Crippen LogP contribution in [0.3, 0.4) is 0 Å². The van der Waals surface area contributed by atoms with Crippen LogP contribution in [0.4, 0.5) is 4.39 Å². The summed E-state index contributed by atoms with van der Waals surface area (Å²) in [6.07, 6.45) is 1.19. The maximum atomic E-state index is 15.8. The lowest BCUT2D eigenvalue weighted by molar-refractivity contribution is 0.0997. The van der Waals surface area contributed by atoms with Gasteiger partial charge in [-0.25, -0.2) is 4.39 Å². The molecule has 0 fully saturated rings. The number of aromatic nitrogens is 2. The Morgan fingerprint density at radius 2 is 2.07 bits per heavy atom. The number of pyridine rings is 2. The molecule has 27 heavy (non-hydrogen) atoms. The van der Waals surface area contributed by atoms with Gasteiger partial charge in [0, 0.05) is 30.2 Å². The average Bonchev–Trinajstić information content (AvgIpc) is 2.68. The molecule has 2 aromatic heterocycles. The number of hydrogen-bond donors (Lipinski definition) is 2. The van der Waals surface area contributed by atoms with Gasteiger partial charge in [-0.15, -0.1) is 0 Å². The Morgan fingerprint density at radius 3 is 2.70 bits per heavy atom. The summed E-state index contributed by atoms with van der Waals surface area (Å²) < 4.78 is 86.4. The number of halogens is 2. The number of H-pyrrole nitrogens is 1. The molecule has 1 amide bonds. The van der Waals surface area contributed by atoms with Crippen LogP contribution < -0.4 is 11.2 Å². The maximum absolute atomic E-state index is 15.8. The summed E-state index contributed by atoms with van der Waals surface area (Å²) >= 11 is 6.16. The van der Waals surface area contributed by atoms with Crippen molar-refractivity contribution in [1.82, 2.24) is 9.97 Å². The predicted molar refractivity (Wildman–Crippen MR) is 105 cm³/mol. The number of hydrogen-bond acceptors (Lipinski definition) is 3. The Kier molecular flexibility index (Phi) is 2.53. The fraction of sp³-hybridized carbons (Fsp3) is 0.250. The molecule has 3 rings (SSSR count). The van der Waals surface area contributed by atoms with E-state index >= 15 is 4.39 Å². The van der Waals surface area contributed by atoms with Crippen molar-refractivity contribution in [3.63, 3.8) is 0 Å². The molecule has 0 radical (unpaired) electrons. The Balaban J connectivity index is 2.43. The van der Waals surface area contributed by atoms with Crippen LogP contribution in [0.15, 0.2) is 29.2 Å². The SMILES string of the molecule is [2H]C([2H])([2H])C(c1cc(C)c(-c2cc(=O)c3c(C(N)=O)nccc3[nH]2)c(F)c1Cl)(C([2H])([2H])[2H])C([2H])([2H])[2H]. The van der Waals surface area contributed by atoms with Gasteiger partial charge in [0.1, 0.15) is 5.69 Å². The van der Waals surface area contributed by atoms with Crippen molar-refractivity contribution >= 4 is 28.4 Å². The third kappa shape index (κ3) is 3.21. The van der Waals surface area contributed by atoms with Crippen LogP contribution in [0.1, 0.15) is 54.5 Å². The number of carbonyl (C=O) groups excluding carboxylic acids is 1. The number of fused-ring (bicyclic) bond motifs is 1. The highest BCUT2D eigenvalue weighted by Crippen LogP contribution is 2.38. The van der Waals surface area contributed by atoms with E-state index in [-0.39, 0.29) is 33.4 Å². The zero-order chi connectivity index (χ0) is 27.6. The highest BCUT2D eigenvalue weighted by atomic mass is 35.5. The molecule has 0 saturated heterocycles. The van der Waals surface area contributed by atoms with E-state index in [4.69, 9.17) is 29.7 Å². The molecule has 140 valence electrons. The van der Waals surface area contributed by atoms with Crippen LogP contribution in [0.25, 0.3) is 22.2 Å². The second-order valence-electron chi connectivity index (χ2n) is 5.99. The standard InChI is InChI=1S/C20H19ClFN3O2/c1-9-7-10(20(2,3)4)16(21)17(22)14(9)12-8-13(26)15-11(25-12)5-6-24-18(15)19(23)27/h5-8H,1-4H3,(H2,23,27)(H,25,26)/i2D3,3D3,4D3. The van der Waals surface area contributed by atoms with Gasteiger partial charge in [-0.3, -0.25) is 14.6 Å². The minimum Gasteiger partial charge on any atom is -0.364 e. The molecular formula is C20H19ClFN3O2. The van der Waals surface area contributed by atoms with Gasteiger partial charge in [-0.05, 0) is 29.5 Å². The molecule has 5 nitrogen and oxygen atoms in total. The molecule has 3 N–H and O–H groups in total. The van der Waals surface area contributed by atoms with Gasteiger partial charge in [-0.2, -0.15) is 0 Å². The molecule has 2 heterocycles. The number of primary amides is 1. The van der Waals surface area contributed by atoms with Gasteiger partial charge in [-0.1, -0.05) is 38.2 Å². The van der Waals surface area contributed by atoms with Gasteiger partial charge in [0.05, 0.1) is 21.6 Å². The number of nitrogens with zero attached hydrogens (tertiary/aromatic N) is 1. The first-order valence-electron chi connectivity index (χ1n) is 12.1. The van der Waals surface area contributed by atoms with Crippen molar-refractivity contribution in [2.45, 2.75) is 32.9 Å². The molecule has 0 unspecified atom stereocenters. The van der Waals surface area contributed by atoms with Crippen LogP contribution in [0, 0.1) is 12.7 Å². The molecule has 0 aliphatic heterocycles. The van der Waals surface area contributed by atoms with Gasteiger partial charge >= 0.3 is 0 Å². The van der Waals surface area contributed by atoms with E-state index in [0.29, 0.717) is 0 Å². The second-order valence-corrected chi connectivity index (χ2v) is 6.37. The van der Waals surface area contributed by atoms with E-state index in [1.807, 2.05) is 0 Å². The smallest absolute Gasteiger partial charge is 0.268 e. The second kappa shape index (κ2) is 6.46. The van der Waals surface area contributed by atoms with Crippen LogP contribution >= 0.6 is 11.6 Å². The normalized spacial score (nSPS) is 18.1. The lowest BCUT2D eigenvalue weighted by Gasteiger charge is -2.23. The molecule has 7 heteroatoms. The number of aromatic amines is 1. The monoisotopic (exact) mass is 396 g/mol. The fourth-order valence-corrected chi connectivity index (χ4v) is 3.17. The van der Waals surface area contributed by atoms with Gasteiger partial charge in [0.2, 0.25) is 0 Å². The van der Waals surface area contributed by atoms with Crippen LogP contribution in [0.2, 0.25) is 5.02 Å². The largest absolute Gasteiger partial charge is 0.364 e. The molecule has 1 aromatic carbocycles. The van der Waals surface area contributed by atoms with Crippen molar-refractivity contribution in [3.8, 4) is 11.3 Å². The summed E-state index contributed by atoms with van der Waals surface area (Å²) in [6.45, 7) is -9.68. The van der Waals surface area contributed by atoms with Crippen LogP contribution in [0.5, 0.6) is 0 Å². The quantitative estimate of drug-likeness (QED) is 0.683. The number of rotatable bonds is 2. The van der Waals surface area contributed by atoms with E-state index < -0.39 is 53.7 Å². The molecule has 0 spiro atoms. The van der Waals surface area contributed by atoms with Crippen LogP contribution in [-0.4, -0.2) is 15.9 Å². The van der Waals surface area contributed by atoms with E-state index in [9.17, 15) is 9.59 Å². The molecule has 0 atom stereocenters. The van der Waals surface area contributed by atoms with Gasteiger partial charge in [0.15, 0.2) is 11.2 Å². The first kappa shape index (κ1) is 10.6. The number of nitrogens with one attached hydrogen (secondary N) is 1. The third-order valence-corrected chi connectivity index (χ3v) is 4.42. The first-order valence-corrected chi connectivity index (χ1v) is 7.96. The minimum atomic E-state index is -3.65. The predicted octanol–water partition coefficient (Wildman–Crippen LogP) is 4.09. The molecule has 0 aliphatic rings. The fourth-order valence-electron chi connectivity index (χ4n) is 2.88. The van der Waals surface area contributed by atoms with Crippen molar-refractivity contribution < 1.29 is 21.5 Å². The minimum absolute atomic E-state index is 0.0714.